The molecule has 1 aromatic rings. The molecule has 6 nitrogen and oxygen atoms in total. The van der Waals surface area contributed by atoms with Crippen molar-refractivity contribution in [2.75, 3.05) is 6.61 Å². The van der Waals surface area contributed by atoms with E-state index in [0.717, 1.165) is 0 Å². The second-order valence-electron chi connectivity index (χ2n) is 4.10. The van der Waals surface area contributed by atoms with Crippen molar-refractivity contribution in [3.63, 3.8) is 0 Å². The average Bonchev–Trinajstić information content (AvgIpc) is 2.72. The maximum absolute atomic E-state index is 11.0. The van der Waals surface area contributed by atoms with Crippen molar-refractivity contribution in [1.29, 1.82) is 0 Å². The van der Waals surface area contributed by atoms with E-state index in [1.165, 1.54) is 6.07 Å². The maximum Gasteiger partial charge on any atom is 0.271 e. The van der Waals surface area contributed by atoms with E-state index in [1.54, 1.807) is 6.07 Å². The molecule has 0 aliphatic carbocycles. The third-order valence-corrected chi connectivity index (χ3v) is 3.44. The summed E-state index contributed by atoms with van der Waals surface area (Å²) >= 11 is 0. The zero-order chi connectivity index (χ0) is 13.1. The van der Waals surface area contributed by atoms with Crippen LogP contribution in [-0.2, 0) is 16.6 Å². The summed E-state index contributed by atoms with van der Waals surface area (Å²) in [4.78, 5) is 0. The Balaban J connectivity index is 2.56. The number of furan rings is 1. The Morgan fingerprint density at radius 1 is 1.47 bits per heavy atom. The molecule has 1 aromatic heterocycles. The quantitative estimate of drug-likeness (QED) is 0.671. The molecule has 0 aromatic carbocycles. The van der Waals surface area contributed by atoms with Gasteiger partial charge >= 0.3 is 0 Å². The number of aliphatic hydroxyl groups is 1. The standard InChI is InChI=1S/C10H18N2O4S/c1-7(6-13)8(2)12-5-9-3-4-10(16-9)17(11,14)15/h3-4,7-8,12-13H,5-6H2,1-2H3,(H2,11,14,15). The molecule has 0 radical (unpaired) electrons. The molecule has 1 rings (SSSR count). The second kappa shape index (κ2) is 5.63. The first-order valence-electron chi connectivity index (χ1n) is 5.30. The van der Waals surface area contributed by atoms with Gasteiger partial charge in [0, 0.05) is 12.6 Å². The highest BCUT2D eigenvalue weighted by molar-refractivity contribution is 7.89. The van der Waals surface area contributed by atoms with Crippen molar-refractivity contribution < 1.29 is 17.9 Å². The van der Waals surface area contributed by atoms with Crippen LogP contribution in [0.3, 0.4) is 0 Å². The van der Waals surface area contributed by atoms with Gasteiger partial charge in [0.05, 0.1) is 6.54 Å². The lowest BCUT2D eigenvalue weighted by Gasteiger charge is -2.18. The number of rotatable bonds is 6. The summed E-state index contributed by atoms with van der Waals surface area (Å²) in [6.07, 6.45) is 0. The molecule has 0 aliphatic heterocycles. The minimum atomic E-state index is -3.78. The summed E-state index contributed by atoms with van der Waals surface area (Å²) in [6.45, 7) is 4.33. The summed E-state index contributed by atoms with van der Waals surface area (Å²) in [7, 11) is -3.78. The van der Waals surface area contributed by atoms with Gasteiger partial charge in [-0.2, -0.15) is 0 Å². The molecule has 2 atom stereocenters. The minimum Gasteiger partial charge on any atom is -0.447 e. The molecule has 0 bridgehead atoms. The Morgan fingerprint density at radius 2 is 2.12 bits per heavy atom. The van der Waals surface area contributed by atoms with Gasteiger partial charge in [-0.1, -0.05) is 6.92 Å². The Kier molecular flexibility index (Phi) is 4.70. The molecule has 17 heavy (non-hydrogen) atoms. The summed E-state index contributed by atoms with van der Waals surface area (Å²) < 4.78 is 27.0. The van der Waals surface area contributed by atoms with Crippen LogP contribution in [0.5, 0.6) is 0 Å². The van der Waals surface area contributed by atoms with Crippen molar-refractivity contribution in [3.8, 4) is 0 Å². The number of aliphatic hydroxyl groups excluding tert-OH is 1. The molecule has 0 aliphatic rings. The van der Waals surface area contributed by atoms with Crippen molar-refractivity contribution in [1.82, 2.24) is 5.32 Å². The van der Waals surface area contributed by atoms with E-state index in [9.17, 15) is 8.42 Å². The highest BCUT2D eigenvalue weighted by Crippen LogP contribution is 2.12. The molecular formula is C10H18N2O4S. The SMILES string of the molecule is CC(CO)C(C)NCc1ccc(S(N)(=O)=O)o1. The minimum absolute atomic E-state index is 0.0920. The van der Waals surface area contributed by atoms with E-state index in [0.29, 0.717) is 12.3 Å². The number of primary sulfonamides is 1. The summed E-state index contributed by atoms with van der Waals surface area (Å²) in [5.41, 5.74) is 0. The number of sulfonamides is 1. The fourth-order valence-electron chi connectivity index (χ4n) is 1.23. The lowest BCUT2D eigenvalue weighted by atomic mass is 10.1. The van der Waals surface area contributed by atoms with Gasteiger partial charge in [-0.25, -0.2) is 13.6 Å². The third-order valence-electron chi connectivity index (χ3n) is 2.66. The van der Waals surface area contributed by atoms with Crippen LogP contribution in [0.1, 0.15) is 19.6 Å². The van der Waals surface area contributed by atoms with E-state index in [1.807, 2.05) is 13.8 Å². The van der Waals surface area contributed by atoms with Gasteiger partial charge in [-0.05, 0) is 25.0 Å². The zero-order valence-corrected chi connectivity index (χ0v) is 10.7. The molecule has 1 heterocycles. The van der Waals surface area contributed by atoms with Crippen molar-refractivity contribution in [2.24, 2.45) is 11.1 Å². The lowest BCUT2D eigenvalue weighted by Crippen LogP contribution is -2.33. The average molecular weight is 262 g/mol. The Morgan fingerprint density at radius 3 is 2.59 bits per heavy atom. The van der Waals surface area contributed by atoms with Gasteiger partial charge in [-0.3, -0.25) is 0 Å². The molecule has 98 valence electrons. The molecule has 0 saturated heterocycles. The van der Waals surface area contributed by atoms with Crippen LogP contribution in [0.4, 0.5) is 0 Å². The topological polar surface area (TPSA) is 106 Å². The van der Waals surface area contributed by atoms with Crippen molar-refractivity contribution in [3.05, 3.63) is 17.9 Å². The fourth-order valence-corrected chi connectivity index (χ4v) is 1.71. The highest BCUT2D eigenvalue weighted by Gasteiger charge is 2.15. The number of nitrogens with two attached hydrogens (primary N) is 1. The van der Waals surface area contributed by atoms with Gasteiger partial charge in [-0.15, -0.1) is 0 Å². The molecule has 0 saturated carbocycles. The van der Waals surface area contributed by atoms with Gasteiger partial charge in [0.25, 0.3) is 10.0 Å². The van der Waals surface area contributed by atoms with Crippen LogP contribution >= 0.6 is 0 Å². The van der Waals surface area contributed by atoms with E-state index >= 15 is 0 Å². The highest BCUT2D eigenvalue weighted by atomic mass is 32.2. The van der Waals surface area contributed by atoms with Gasteiger partial charge < -0.3 is 14.8 Å². The number of hydrogen-bond acceptors (Lipinski definition) is 5. The molecule has 7 heteroatoms. The first-order valence-corrected chi connectivity index (χ1v) is 6.85. The summed E-state index contributed by atoms with van der Waals surface area (Å²) in [5.74, 6) is 0.605. The van der Waals surface area contributed by atoms with E-state index < -0.39 is 10.0 Å². The Labute approximate surface area is 101 Å². The van der Waals surface area contributed by atoms with Gasteiger partial charge in [0.1, 0.15) is 5.76 Å². The summed E-state index contributed by atoms with van der Waals surface area (Å²) in [5, 5.41) is 16.8. The summed E-state index contributed by atoms with van der Waals surface area (Å²) in [6, 6.07) is 2.98. The smallest absolute Gasteiger partial charge is 0.271 e. The van der Waals surface area contributed by atoms with Gasteiger partial charge in [0.15, 0.2) is 0 Å². The molecule has 2 unspecified atom stereocenters. The van der Waals surface area contributed by atoms with Crippen molar-refractivity contribution in [2.45, 2.75) is 31.5 Å². The molecule has 0 amide bonds. The molecular weight excluding hydrogens is 244 g/mol. The third kappa shape index (κ3) is 4.12. The van der Waals surface area contributed by atoms with Crippen LogP contribution in [-0.4, -0.2) is 26.2 Å². The lowest BCUT2D eigenvalue weighted by molar-refractivity contribution is 0.205. The monoisotopic (exact) mass is 262 g/mol. The normalized spacial score (nSPS) is 15.8. The van der Waals surface area contributed by atoms with Crippen LogP contribution < -0.4 is 10.5 Å². The van der Waals surface area contributed by atoms with Crippen LogP contribution in [0.15, 0.2) is 21.6 Å². The Bertz CT molecular complexity index is 455. The zero-order valence-electron chi connectivity index (χ0n) is 9.88. The predicted octanol–water partition coefficient (Wildman–Crippen LogP) is 0.0335. The van der Waals surface area contributed by atoms with Gasteiger partial charge in [0.2, 0.25) is 5.09 Å². The van der Waals surface area contributed by atoms with Crippen LogP contribution in [0, 0.1) is 5.92 Å². The molecule has 4 N–H and O–H groups in total. The number of hydrogen-bond donors (Lipinski definition) is 3. The van der Waals surface area contributed by atoms with Crippen LogP contribution in [0.2, 0.25) is 0 Å². The predicted molar refractivity (Wildman–Crippen MR) is 62.6 cm³/mol. The second-order valence-corrected chi connectivity index (χ2v) is 5.59. The van der Waals surface area contributed by atoms with Crippen molar-refractivity contribution >= 4 is 10.0 Å². The Hall–Kier alpha value is -0.890. The molecule has 0 fully saturated rings. The van der Waals surface area contributed by atoms with Crippen LogP contribution in [0.25, 0.3) is 0 Å². The number of nitrogens with one attached hydrogen (secondary N) is 1. The molecule has 0 spiro atoms. The largest absolute Gasteiger partial charge is 0.447 e. The van der Waals surface area contributed by atoms with E-state index in [4.69, 9.17) is 14.7 Å². The van der Waals surface area contributed by atoms with E-state index in [2.05, 4.69) is 5.32 Å². The first-order chi connectivity index (χ1) is 7.84. The first kappa shape index (κ1) is 14.2. The van der Waals surface area contributed by atoms with E-state index in [-0.39, 0.29) is 23.7 Å². The fraction of sp³-hybridized carbons (Fsp3) is 0.600. The maximum atomic E-state index is 11.0.